The molecule has 4 atom stereocenters. The van der Waals surface area contributed by atoms with E-state index in [-0.39, 0.29) is 34.6 Å². The second-order valence-corrected chi connectivity index (χ2v) is 19.9. The summed E-state index contributed by atoms with van der Waals surface area (Å²) in [6.45, 7) is 7.49. The Kier molecular flexibility index (Phi) is 11.3. The third-order valence-electron chi connectivity index (χ3n) is 10.7. The molecular weight excluding hydrogens is 734 g/mol. The van der Waals surface area contributed by atoms with Crippen molar-refractivity contribution >= 4 is 47.8 Å². The van der Waals surface area contributed by atoms with E-state index in [1.807, 2.05) is 61.5 Å². The summed E-state index contributed by atoms with van der Waals surface area (Å²) in [5.41, 5.74) is 0.321. The van der Waals surface area contributed by atoms with E-state index in [9.17, 15) is 14.3 Å². The summed E-state index contributed by atoms with van der Waals surface area (Å²) < 4.78 is 43.4. The van der Waals surface area contributed by atoms with Gasteiger partial charge in [0.05, 0.1) is 25.0 Å². The Hall–Kier alpha value is -4.77. The monoisotopic (exact) mass is 783 g/mol. The Bertz CT molecular complexity index is 2150. The van der Waals surface area contributed by atoms with E-state index in [0.29, 0.717) is 31.6 Å². The highest BCUT2D eigenvalue weighted by molar-refractivity contribution is 6.99. The van der Waals surface area contributed by atoms with Gasteiger partial charge in [-0.3, -0.25) is 14.3 Å². The van der Waals surface area contributed by atoms with Crippen LogP contribution < -0.4 is 20.8 Å². The number of anilines is 1. The molecule has 0 saturated carbocycles. The Morgan fingerprint density at radius 2 is 1.66 bits per heavy atom. The van der Waals surface area contributed by atoms with Crippen LogP contribution in [0.15, 0.2) is 101 Å². The molecule has 3 aromatic carbocycles. The number of para-hydroxylation sites is 1. The minimum atomic E-state index is -3.03. The van der Waals surface area contributed by atoms with Crippen molar-refractivity contribution in [1.29, 1.82) is 0 Å². The van der Waals surface area contributed by atoms with Gasteiger partial charge in [-0.05, 0) is 27.5 Å². The summed E-state index contributed by atoms with van der Waals surface area (Å²) in [4.78, 5) is 32.9. The van der Waals surface area contributed by atoms with Gasteiger partial charge in [-0.25, -0.2) is 14.4 Å². The second kappa shape index (κ2) is 16.0. The molecule has 0 spiro atoms. The number of hydrogen-bond donors (Lipinski definition) is 2. The van der Waals surface area contributed by atoms with Crippen molar-refractivity contribution in [2.24, 2.45) is 4.99 Å². The van der Waals surface area contributed by atoms with Crippen molar-refractivity contribution in [1.82, 2.24) is 24.4 Å². The summed E-state index contributed by atoms with van der Waals surface area (Å²) in [6, 6.07) is 27.2. The molecule has 0 radical (unpaired) electrons. The molecule has 296 valence electrons. The summed E-state index contributed by atoms with van der Waals surface area (Å²) in [7, 11) is 2.15. The van der Waals surface area contributed by atoms with Crippen LogP contribution in [-0.4, -0.2) is 109 Å². The molecule has 0 amide bonds. The normalized spacial score (nSPS) is 21.6. The third-order valence-corrected chi connectivity index (χ3v) is 15.7. The number of piperidine rings is 1. The highest BCUT2D eigenvalue weighted by Gasteiger charge is 2.54. The lowest BCUT2D eigenvalue weighted by atomic mass is 10.0. The summed E-state index contributed by atoms with van der Waals surface area (Å²) in [6.07, 6.45) is -0.349. The van der Waals surface area contributed by atoms with E-state index in [0.717, 1.165) is 10.4 Å². The number of aliphatic imine (C=N–C) groups is 1. The molecule has 2 aliphatic rings. The van der Waals surface area contributed by atoms with E-state index in [2.05, 4.69) is 65.0 Å². The fourth-order valence-electron chi connectivity index (χ4n) is 7.92. The van der Waals surface area contributed by atoms with Crippen molar-refractivity contribution in [2.75, 3.05) is 45.8 Å². The van der Waals surface area contributed by atoms with Crippen molar-refractivity contribution in [2.45, 2.75) is 69.0 Å². The topological polar surface area (TPSA) is 140 Å². The number of methoxy groups -OCH3 is 1. The molecule has 15 heteroatoms. The Balaban J connectivity index is 1.25. The number of imidazole rings is 1. The van der Waals surface area contributed by atoms with Crippen molar-refractivity contribution in [3.63, 3.8) is 0 Å². The zero-order valence-electron chi connectivity index (χ0n) is 32.6. The molecule has 0 aliphatic carbocycles. The predicted octanol–water partition coefficient (Wildman–Crippen LogP) is 4.34. The maximum Gasteiger partial charge on any atom is 0.280 e. The molecule has 2 N–H and O–H groups in total. The number of ether oxygens (including phenoxy) is 3. The third kappa shape index (κ3) is 7.54. The zero-order chi connectivity index (χ0) is 39.7. The number of aromatic nitrogens is 4. The molecule has 4 heterocycles. The van der Waals surface area contributed by atoms with Gasteiger partial charge in [0.15, 0.2) is 23.2 Å². The number of nitrogens with zero attached hydrogens (tertiary/aromatic N) is 6. The van der Waals surface area contributed by atoms with Gasteiger partial charge < -0.3 is 33.5 Å². The van der Waals surface area contributed by atoms with Crippen LogP contribution in [0.3, 0.4) is 0 Å². The van der Waals surface area contributed by atoms with Gasteiger partial charge in [0.1, 0.15) is 24.1 Å². The van der Waals surface area contributed by atoms with Gasteiger partial charge in [0.25, 0.3) is 13.9 Å². The highest BCUT2D eigenvalue weighted by Crippen LogP contribution is 2.42. The molecule has 0 bridgehead atoms. The number of hydrogen-bond acceptors (Lipinski definition) is 10. The Morgan fingerprint density at radius 3 is 2.25 bits per heavy atom. The van der Waals surface area contributed by atoms with Gasteiger partial charge in [0.2, 0.25) is 5.95 Å². The number of H-pyrrole nitrogens is 1. The first-order valence-electron chi connectivity index (χ1n) is 18.8. The molecular formula is C41H50FN7O6Si. The average Bonchev–Trinajstić information content (AvgIpc) is 3.75. The number of aromatic amines is 1. The minimum Gasteiger partial charge on any atom is -0.405 e. The smallest absolute Gasteiger partial charge is 0.280 e. The first-order chi connectivity index (χ1) is 26.9. The number of aliphatic hydroxyl groups excluding tert-OH is 1. The lowest BCUT2D eigenvalue weighted by Crippen LogP contribution is -2.67. The van der Waals surface area contributed by atoms with E-state index >= 15 is 0 Å². The first kappa shape index (κ1) is 39.5. The van der Waals surface area contributed by atoms with E-state index in [1.54, 1.807) is 28.7 Å². The van der Waals surface area contributed by atoms with Crippen LogP contribution in [0.1, 0.15) is 39.8 Å². The summed E-state index contributed by atoms with van der Waals surface area (Å²) >= 11 is 0. The van der Waals surface area contributed by atoms with Crippen LogP contribution in [0.25, 0.3) is 11.2 Å². The van der Waals surface area contributed by atoms with Crippen LogP contribution in [0, 0.1) is 5.82 Å². The fourth-order valence-corrected chi connectivity index (χ4v) is 12.5. The Labute approximate surface area is 326 Å². The van der Waals surface area contributed by atoms with Crippen molar-refractivity contribution in [3.05, 3.63) is 107 Å². The number of fused-ring (bicyclic) bond motifs is 1. The number of rotatable bonds is 12. The van der Waals surface area contributed by atoms with Gasteiger partial charge in [-0.1, -0.05) is 93.6 Å². The predicted molar refractivity (Wildman–Crippen MR) is 216 cm³/mol. The molecule has 2 aromatic heterocycles. The second-order valence-electron chi connectivity index (χ2n) is 15.6. The van der Waals surface area contributed by atoms with Crippen LogP contribution in [0.4, 0.5) is 16.0 Å². The van der Waals surface area contributed by atoms with Gasteiger partial charge in [-0.15, -0.1) is 0 Å². The van der Waals surface area contributed by atoms with Crippen LogP contribution >= 0.6 is 0 Å². The molecule has 2 fully saturated rings. The van der Waals surface area contributed by atoms with Crippen molar-refractivity contribution in [3.8, 4) is 0 Å². The maximum absolute atomic E-state index is 14.8. The molecule has 2 aliphatic heterocycles. The fraction of sp³-hybridized carbons (Fsp3) is 0.415. The molecule has 56 heavy (non-hydrogen) atoms. The average molecular weight is 784 g/mol. The largest absolute Gasteiger partial charge is 0.405 e. The lowest BCUT2D eigenvalue weighted by molar-refractivity contribution is -0.275. The molecule has 0 unspecified atom stereocenters. The van der Waals surface area contributed by atoms with Gasteiger partial charge >= 0.3 is 0 Å². The van der Waals surface area contributed by atoms with Gasteiger partial charge in [0, 0.05) is 47.1 Å². The Morgan fingerprint density at radius 1 is 1.04 bits per heavy atom. The lowest BCUT2D eigenvalue weighted by Gasteiger charge is -2.44. The molecule has 7 rings (SSSR count). The summed E-state index contributed by atoms with van der Waals surface area (Å²) in [5, 5.41) is 14.2. The number of halogens is 1. The maximum atomic E-state index is 14.8. The molecule has 2 saturated heterocycles. The quantitative estimate of drug-likeness (QED) is 0.0814. The van der Waals surface area contributed by atoms with E-state index in [4.69, 9.17) is 18.6 Å². The molecule has 13 nitrogen and oxygen atoms in total. The standard InChI is InChI=1S/C41H50FN7O6Si/c1-40(2,3)56(28-15-9-7-10-16-28,29-17-11-8-12-18-29)53-25-32-34(50)35(55-41(52-6)21-23-48(24-22-41)31-20-14-13-19-30(31)42)38(54-32)49-27-43-33-36(49)45-39(46-37(33)51)44-26-47(4)5/h7-20,26-27,32,34-35,38,50H,21-25H2,1-6H3,(H,45,46,51)/b44-26+/t32-,34-,35-,38-/m1/s1. The SMILES string of the molecule is COC1(O[C@@H]2[C@H](O)[C@@H](CO[Si](c3ccccc3)(c3ccccc3)C(C)(C)C)O[C@H]2n2cnc3c(=O)[nH]c(/N=C/N(C)C)nc32)CCN(c2ccccc2F)CC1. The van der Waals surface area contributed by atoms with E-state index < -0.39 is 44.2 Å². The molecule has 5 aromatic rings. The highest BCUT2D eigenvalue weighted by atomic mass is 28.4. The van der Waals surface area contributed by atoms with Gasteiger partial charge in [-0.2, -0.15) is 4.98 Å². The zero-order valence-corrected chi connectivity index (χ0v) is 33.6. The number of aliphatic hydroxyl groups is 1. The first-order valence-corrected chi connectivity index (χ1v) is 20.7. The van der Waals surface area contributed by atoms with Crippen LogP contribution in [0.5, 0.6) is 0 Å². The number of benzene rings is 3. The van der Waals surface area contributed by atoms with Crippen LogP contribution in [0.2, 0.25) is 5.04 Å². The summed E-state index contributed by atoms with van der Waals surface area (Å²) in [5.74, 6) is -1.37. The van der Waals surface area contributed by atoms with Crippen LogP contribution in [-0.2, 0) is 18.6 Å². The number of nitrogens with one attached hydrogen (secondary N) is 1. The minimum absolute atomic E-state index is 0.0326. The van der Waals surface area contributed by atoms with Crippen molar-refractivity contribution < 1.29 is 28.1 Å². The van der Waals surface area contributed by atoms with E-state index in [1.165, 1.54) is 18.7 Å².